The van der Waals surface area contributed by atoms with Crippen molar-refractivity contribution in [1.29, 1.82) is 0 Å². The first-order valence-corrected chi connectivity index (χ1v) is 16.3. The molecule has 1 saturated carbocycles. The van der Waals surface area contributed by atoms with Gasteiger partial charge < -0.3 is 10.4 Å². The fraction of sp³-hybridized carbons (Fsp3) is 0.378. The molecule has 2 aromatic heterocycles. The SMILES string of the molecule is CC(C)(O)C#Cc1ncc(-c2ccc3c(c2)C(=O)NC3)c([C@@H](CC(=O)Cn2nc(C(C)(F)F)c3c2C(F)(F)[C@@H]2C[C@H]32)Cc2cc(F)cc(F)c2)n1. The topological polar surface area (TPSA) is 110 Å². The van der Waals surface area contributed by atoms with Gasteiger partial charge in [-0.25, -0.2) is 18.7 Å². The summed E-state index contributed by atoms with van der Waals surface area (Å²) >= 11 is 0. The van der Waals surface area contributed by atoms with Crippen molar-refractivity contribution in [3.63, 3.8) is 0 Å². The van der Waals surface area contributed by atoms with Crippen molar-refractivity contribution in [2.45, 2.75) is 82.4 Å². The lowest BCUT2D eigenvalue weighted by atomic mass is 9.86. The molecule has 51 heavy (non-hydrogen) atoms. The standard InChI is InChI=1S/C37H31F6N5O3/c1-35(2,51)7-6-29-44-16-27(19-4-5-20-15-45-34(50)25(20)12-19)31(46-29)21(8-18-9-22(38)13-23(39)10-18)11-24(49)17-48-33-30(32(47-48)36(3,40)41)26-14-28(26)37(33,42)43/h4-5,9-10,12-13,16,21,26,28,51H,8,11,14-15,17H2,1-3H3,(H,45,50)/t21-,26+,28-/m1/s1. The fourth-order valence-electron chi connectivity index (χ4n) is 7.07. The van der Waals surface area contributed by atoms with Crippen molar-refractivity contribution >= 4 is 11.7 Å². The van der Waals surface area contributed by atoms with Crippen LogP contribution in [0.5, 0.6) is 0 Å². The largest absolute Gasteiger partial charge is 0.378 e. The third kappa shape index (κ3) is 6.62. The zero-order chi connectivity index (χ0) is 36.6. The highest BCUT2D eigenvalue weighted by Gasteiger charge is 2.67. The smallest absolute Gasteiger partial charge is 0.293 e. The average Bonchev–Trinajstić information content (AvgIpc) is 3.54. The molecule has 2 N–H and O–H groups in total. The molecule has 0 unspecified atom stereocenters. The number of nitrogens with zero attached hydrogens (tertiary/aromatic N) is 4. The van der Waals surface area contributed by atoms with Crippen molar-refractivity contribution < 1.29 is 41.0 Å². The Kier molecular flexibility index (Phi) is 8.13. The Hall–Kier alpha value is -5.03. The van der Waals surface area contributed by atoms with Gasteiger partial charge in [0.25, 0.3) is 17.8 Å². The molecular formula is C37H31F6N5O3. The van der Waals surface area contributed by atoms with Crippen LogP contribution in [0.3, 0.4) is 0 Å². The quantitative estimate of drug-likeness (QED) is 0.156. The van der Waals surface area contributed by atoms with Crippen LogP contribution in [0.2, 0.25) is 0 Å². The second-order valence-electron chi connectivity index (χ2n) is 14.0. The minimum atomic E-state index is -3.53. The summed E-state index contributed by atoms with van der Waals surface area (Å²) in [5.41, 5.74) is -0.818. The first-order valence-electron chi connectivity index (χ1n) is 16.3. The molecule has 3 atom stereocenters. The van der Waals surface area contributed by atoms with E-state index in [0.29, 0.717) is 40.9 Å². The van der Waals surface area contributed by atoms with Crippen LogP contribution in [-0.4, -0.2) is 42.1 Å². The molecule has 0 spiro atoms. The number of Topliss-reactive ketones (excluding diaryl/α,β-unsaturated/α-hetero) is 1. The predicted molar refractivity (Wildman–Crippen MR) is 171 cm³/mol. The summed E-state index contributed by atoms with van der Waals surface area (Å²) in [6.45, 7) is 3.02. The van der Waals surface area contributed by atoms with E-state index in [9.17, 15) is 32.3 Å². The second kappa shape index (κ2) is 12.0. The molecule has 3 aliphatic rings. The van der Waals surface area contributed by atoms with E-state index in [-0.39, 0.29) is 41.4 Å². The van der Waals surface area contributed by atoms with Gasteiger partial charge in [0.2, 0.25) is 5.82 Å². The lowest BCUT2D eigenvalue weighted by Gasteiger charge is -2.21. The normalized spacial score (nSPS) is 19.1. The molecule has 0 radical (unpaired) electrons. The van der Waals surface area contributed by atoms with E-state index in [2.05, 4.69) is 32.2 Å². The van der Waals surface area contributed by atoms with Gasteiger partial charge in [-0.15, -0.1) is 0 Å². The van der Waals surface area contributed by atoms with Crippen LogP contribution in [0.4, 0.5) is 26.3 Å². The molecule has 14 heteroatoms. The summed E-state index contributed by atoms with van der Waals surface area (Å²) in [6.07, 6.45) is 0.840. The number of ketones is 1. The van der Waals surface area contributed by atoms with Crippen molar-refractivity contribution in [2.24, 2.45) is 5.92 Å². The van der Waals surface area contributed by atoms with Gasteiger partial charge in [0.15, 0.2) is 5.78 Å². The highest BCUT2D eigenvalue weighted by molar-refractivity contribution is 5.99. The number of aliphatic hydroxyl groups is 1. The minimum Gasteiger partial charge on any atom is -0.378 e. The number of nitrogens with one attached hydrogen (secondary N) is 1. The molecule has 8 nitrogen and oxygen atoms in total. The van der Waals surface area contributed by atoms with E-state index < -0.39 is 77.0 Å². The summed E-state index contributed by atoms with van der Waals surface area (Å²) in [7, 11) is 0. The first kappa shape index (κ1) is 34.4. The average molecular weight is 708 g/mol. The molecule has 1 fully saturated rings. The minimum absolute atomic E-state index is 0.0501. The summed E-state index contributed by atoms with van der Waals surface area (Å²) < 4.78 is 89.4. The molecule has 1 amide bonds. The monoisotopic (exact) mass is 707 g/mol. The maximum atomic E-state index is 15.4. The molecular weight excluding hydrogens is 676 g/mol. The van der Waals surface area contributed by atoms with Crippen molar-refractivity contribution in [3.8, 4) is 23.0 Å². The van der Waals surface area contributed by atoms with E-state index >= 15 is 8.78 Å². The number of amides is 1. The van der Waals surface area contributed by atoms with Crippen molar-refractivity contribution in [2.75, 3.05) is 0 Å². The highest BCUT2D eigenvalue weighted by atomic mass is 19.3. The van der Waals surface area contributed by atoms with Gasteiger partial charge in [-0.05, 0) is 73.4 Å². The number of rotatable bonds is 9. The van der Waals surface area contributed by atoms with Gasteiger partial charge in [0.1, 0.15) is 35.2 Å². The summed E-state index contributed by atoms with van der Waals surface area (Å²) in [6, 6.07) is 7.93. The number of benzene rings is 2. The van der Waals surface area contributed by atoms with Gasteiger partial charge in [-0.3, -0.25) is 14.3 Å². The number of carbonyl (C=O) groups excluding carboxylic acids is 2. The Morgan fingerprint density at radius 1 is 1.12 bits per heavy atom. The summed E-state index contributed by atoms with van der Waals surface area (Å²) in [5.74, 6) is -7.38. The van der Waals surface area contributed by atoms with Gasteiger partial charge in [0, 0.05) is 60.7 Å². The number of fused-ring (bicyclic) bond motifs is 4. The highest BCUT2D eigenvalue weighted by Crippen LogP contribution is 2.68. The van der Waals surface area contributed by atoms with Crippen LogP contribution < -0.4 is 5.32 Å². The Labute approximate surface area is 288 Å². The molecule has 7 rings (SSSR count). The molecule has 0 bridgehead atoms. The van der Waals surface area contributed by atoms with Crippen LogP contribution in [-0.2, 0) is 36.1 Å². The van der Waals surface area contributed by atoms with Gasteiger partial charge in [-0.1, -0.05) is 18.1 Å². The summed E-state index contributed by atoms with van der Waals surface area (Å²) in [5, 5.41) is 16.8. The number of hydrogen-bond acceptors (Lipinski definition) is 6. The van der Waals surface area contributed by atoms with E-state index in [4.69, 9.17) is 0 Å². The van der Waals surface area contributed by atoms with Crippen LogP contribution in [0.25, 0.3) is 11.1 Å². The first-order chi connectivity index (χ1) is 23.9. The van der Waals surface area contributed by atoms with Crippen molar-refractivity contribution in [1.82, 2.24) is 25.1 Å². The predicted octanol–water partition coefficient (Wildman–Crippen LogP) is 6.29. The van der Waals surface area contributed by atoms with Crippen LogP contribution in [0, 0.1) is 29.4 Å². The third-order valence-corrected chi connectivity index (χ3v) is 9.34. The third-order valence-electron chi connectivity index (χ3n) is 9.34. The molecule has 0 saturated heterocycles. The van der Waals surface area contributed by atoms with Gasteiger partial charge >= 0.3 is 0 Å². The fourth-order valence-corrected chi connectivity index (χ4v) is 7.07. The summed E-state index contributed by atoms with van der Waals surface area (Å²) in [4.78, 5) is 35.3. The maximum Gasteiger partial charge on any atom is 0.293 e. The Bertz CT molecular complexity index is 2160. The van der Waals surface area contributed by atoms with E-state index in [1.54, 1.807) is 18.2 Å². The van der Waals surface area contributed by atoms with Crippen LogP contribution >= 0.6 is 0 Å². The maximum absolute atomic E-state index is 15.4. The van der Waals surface area contributed by atoms with Gasteiger partial charge in [-0.2, -0.15) is 22.7 Å². The number of carbonyl (C=O) groups is 2. The molecule has 4 aromatic rings. The molecule has 1 aliphatic heterocycles. The second-order valence-corrected chi connectivity index (χ2v) is 14.0. The Morgan fingerprint density at radius 3 is 2.53 bits per heavy atom. The zero-order valence-electron chi connectivity index (χ0n) is 27.6. The van der Waals surface area contributed by atoms with Crippen molar-refractivity contribution in [3.05, 3.63) is 99.4 Å². The zero-order valence-corrected chi connectivity index (χ0v) is 27.6. The molecule has 2 aliphatic carbocycles. The number of aromatic nitrogens is 4. The lowest BCUT2D eigenvalue weighted by Crippen LogP contribution is -2.24. The van der Waals surface area contributed by atoms with Gasteiger partial charge in [0.05, 0.1) is 5.69 Å². The van der Waals surface area contributed by atoms with E-state index in [1.807, 2.05) is 0 Å². The molecule has 264 valence electrons. The number of halogens is 6. The number of alkyl halides is 4. The lowest BCUT2D eigenvalue weighted by molar-refractivity contribution is -0.120. The number of hydrogen-bond donors (Lipinski definition) is 2. The molecule has 2 aromatic carbocycles. The van der Waals surface area contributed by atoms with Crippen LogP contribution in [0.1, 0.15) is 95.4 Å². The van der Waals surface area contributed by atoms with Crippen LogP contribution in [0.15, 0.2) is 42.6 Å². The Balaban J connectivity index is 1.32. The Morgan fingerprint density at radius 2 is 1.84 bits per heavy atom. The van der Waals surface area contributed by atoms with E-state index in [0.717, 1.165) is 17.7 Å². The van der Waals surface area contributed by atoms with E-state index in [1.165, 1.54) is 20.0 Å². The molecule has 3 heterocycles.